The molecule has 2 N–H and O–H groups in total. The number of sulfonamides is 1. The van der Waals surface area contributed by atoms with Crippen LogP contribution in [0, 0.1) is 11.2 Å². The summed E-state index contributed by atoms with van der Waals surface area (Å²) in [5, 5.41) is 0. The van der Waals surface area contributed by atoms with Crippen LogP contribution < -0.4 is 10.5 Å². The number of hydrogen-bond donors (Lipinski definition) is 1. The lowest BCUT2D eigenvalue weighted by Gasteiger charge is -2.41. The standard InChI is InChI=1S/C20H23FN2O4S/c21-16-7-9-18(10-8-16)28(25,26)23-12-4-11-20(14-23,13-19(22)24)15-27-17-5-2-1-3-6-17/h1-3,5-10H,4,11-15H2,(H2,22,24). The molecule has 1 atom stereocenters. The highest BCUT2D eigenvalue weighted by Gasteiger charge is 2.42. The zero-order chi connectivity index (χ0) is 20.2. The van der Waals surface area contributed by atoms with E-state index in [4.69, 9.17) is 10.5 Å². The topological polar surface area (TPSA) is 89.7 Å². The summed E-state index contributed by atoms with van der Waals surface area (Å²) in [6, 6.07) is 13.9. The number of carbonyl (C=O) groups is 1. The molecule has 1 aliphatic heterocycles. The summed E-state index contributed by atoms with van der Waals surface area (Å²) in [4.78, 5) is 11.7. The maximum atomic E-state index is 13.2. The van der Waals surface area contributed by atoms with Gasteiger partial charge >= 0.3 is 0 Å². The van der Waals surface area contributed by atoms with Crippen LogP contribution >= 0.6 is 0 Å². The third kappa shape index (κ3) is 4.69. The summed E-state index contributed by atoms with van der Waals surface area (Å²) in [5.74, 6) is -0.362. The fourth-order valence-electron chi connectivity index (χ4n) is 3.56. The Hall–Kier alpha value is -2.45. The average molecular weight is 406 g/mol. The number of primary amides is 1. The van der Waals surface area contributed by atoms with E-state index in [2.05, 4.69) is 0 Å². The monoisotopic (exact) mass is 406 g/mol. The Morgan fingerprint density at radius 2 is 1.82 bits per heavy atom. The van der Waals surface area contributed by atoms with E-state index in [0.717, 1.165) is 12.1 Å². The summed E-state index contributed by atoms with van der Waals surface area (Å²) in [6.45, 7) is 0.615. The summed E-state index contributed by atoms with van der Waals surface area (Å²) in [6.07, 6.45) is 1.22. The zero-order valence-corrected chi connectivity index (χ0v) is 16.2. The van der Waals surface area contributed by atoms with Crippen molar-refractivity contribution in [3.8, 4) is 5.75 Å². The van der Waals surface area contributed by atoms with Crippen LogP contribution in [-0.2, 0) is 14.8 Å². The van der Waals surface area contributed by atoms with Crippen LogP contribution in [0.2, 0.25) is 0 Å². The van der Waals surface area contributed by atoms with Crippen LogP contribution in [-0.4, -0.2) is 38.3 Å². The van der Waals surface area contributed by atoms with Crippen LogP contribution in [0.1, 0.15) is 19.3 Å². The van der Waals surface area contributed by atoms with Gasteiger partial charge in [-0.05, 0) is 49.2 Å². The van der Waals surface area contributed by atoms with Gasteiger partial charge in [0.15, 0.2) is 0 Å². The molecule has 0 aromatic heterocycles. The van der Waals surface area contributed by atoms with Gasteiger partial charge in [-0.1, -0.05) is 18.2 Å². The van der Waals surface area contributed by atoms with Crippen LogP contribution in [0.3, 0.4) is 0 Å². The van der Waals surface area contributed by atoms with Crippen molar-refractivity contribution in [2.75, 3.05) is 19.7 Å². The lowest BCUT2D eigenvalue weighted by Crippen LogP contribution is -2.50. The van der Waals surface area contributed by atoms with Crippen molar-refractivity contribution in [1.82, 2.24) is 4.31 Å². The Morgan fingerprint density at radius 1 is 1.14 bits per heavy atom. The Kier molecular flexibility index (Phi) is 6.00. The predicted molar refractivity (Wildman–Crippen MR) is 103 cm³/mol. The molecule has 150 valence electrons. The van der Waals surface area contributed by atoms with Crippen molar-refractivity contribution in [1.29, 1.82) is 0 Å². The molecule has 0 radical (unpaired) electrons. The number of halogens is 1. The van der Waals surface area contributed by atoms with Gasteiger partial charge in [0.25, 0.3) is 0 Å². The Labute approximate surface area is 164 Å². The molecule has 0 aliphatic carbocycles. The number of nitrogens with zero attached hydrogens (tertiary/aromatic N) is 1. The van der Waals surface area contributed by atoms with Gasteiger partial charge in [-0.3, -0.25) is 4.79 Å². The summed E-state index contributed by atoms with van der Waals surface area (Å²) in [5.41, 5.74) is 4.74. The minimum atomic E-state index is -3.81. The highest BCUT2D eigenvalue weighted by Crippen LogP contribution is 2.36. The SMILES string of the molecule is NC(=O)CC1(COc2ccccc2)CCCN(S(=O)(=O)c2ccc(F)cc2)C1. The van der Waals surface area contributed by atoms with Crippen LogP contribution in [0.25, 0.3) is 0 Å². The second-order valence-electron chi connectivity index (χ2n) is 7.14. The molecule has 2 aromatic carbocycles. The zero-order valence-electron chi connectivity index (χ0n) is 15.4. The molecule has 6 nitrogen and oxygen atoms in total. The summed E-state index contributed by atoms with van der Waals surface area (Å²) in [7, 11) is -3.81. The number of para-hydroxylation sites is 1. The number of benzene rings is 2. The first-order valence-electron chi connectivity index (χ1n) is 9.03. The summed E-state index contributed by atoms with van der Waals surface area (Å²) < 4.78 is 46.3. The van der Waals surface area contributed by atoms with Gasteiger partial charge in [0.05, 0.1) is 11.5 Å². The van der Waals surface area contributed by atoms with Crippen molar-refractivity contribution in [2.45, 2.75) is 24.2 Å². The van der Waals surface area contributed by atoms with Crippen molar-refractivity contribution in [3.05, 3.63) is 60.4 Å². The molecule has 2 aromatic rings. The van der Waals surface area contributed by atoms with E-state index in [0.29, 0.717) is 25.1 Å². The molecule has 1 amide bonds. The van der Waals surface area contributed by atoms with E-state index in [1.807, 2.05) is 18.2 Å². The number of amides is 1. The molecule has 0 saturated carbocycles. The van der Waals surface area contributed by atoms with Crippen LogP contribution in [0.5, 0.6) is 5.75 Å². The molecule has 1 aliphatic rings. The first kappa shape index (κ1) is 20.3. The van der Waals surface area contributed by atoms with Gasteiger partial charge in [-0.15, -0.1) is 0 Å². The summed E-state index contributed by atoms with van der Waals surface area (Å²) >= 11 is 0. The second-order valence-corrected chi connectivity index (χ2v) is 9.08. The van der Waals surface area contributed by atoms with Crippen LogP contribution in [0.15, 0.2) is 59.5 Å². The molecule has 1 saturated heterocycles. The van der Waals surface area contributed by atoms with Crippen molar-refractivity contribution in [3.63, 3.8) is 0 Å². The second kappa shape index (κ2) is 8.28. The molecule has 0 bridgehead atoms. The normalized spacial score (nSPS) is 20.6. The molecule has 8 heteroatoms. The van der Waals surface area contributed by atoms with Gasteiger partial charge in [0, 0.05) is 24.9 Å². The minimum Gasteiger partial charge on any atom is -0.493 e. The lowest BCUT2D eigenvalue weighted by molar-refractivity contribution is -0.121. The molecule has 0 spiro atoms. The number of hydrogen-bond acceptors (Lipinski definition) is 4. The number of carbonyl (C=O) groups excluding carboxylic acids is 1. The fraction of sp³-hybridized carbons (Fsp3) is 0.350. The molecule has 1 fully saturated rings. The van der Waals surface area contributed by atoms with E-state index in [1.54, 1.807) is 12.1 Å². The molecule has 1 unspecified atom stereocenters. The first-order chi connectivity index (χ1) is 13.3. The first-order valence-corrected chi connectivity index (χ1v) is 10.5. The minimum absolute atomic E-state index is 0.0211. The highest BCUT2D eigenvalue weighted by molar-refractivity contribution is 7.89. The molecule has 1 heterocycles. The van der Waals surface area contributed by atoms with E-state index in [1.165, 1.54) is 16.4 Å². The molecule has 3 rings (SSSR count). The molecular weight excluding hydrogens is 383 g/mol. The van der Waals surface area contributed by atoms with Crippen molar-refractivity contribution < 1.29 is 22.3 Å². The number of rotatable bonds is 7. The predicted octanol–water partition coefficient (Wildman–Crippen LogP) is 2.55. The maximum absolute atomic E-state index is 13.2. The number of nitrogens with two attached hydrogens (primary N) is 1. The molecule has 28 heavy (non-hydrogen) atoms. The third-order valence-electron chi connectivity index (χ3n) is 4.92. The van der Waals surface area contributed by atoms with E-state index >= 15 is 0 Å². The van der Waals surface area contributed by atoms with Gasteiger partial charge in [-0.25, -0.2) is 12.8 Å². The molecular formula is C20H23FN2O4S. The van der Waals surface area contributed by atoms with Gasteiger partial charge < -0.3 is 10.5 Å². The number of ether oxygens (including phenoxy) is 1. The van der Waals surface area contributed by atoms with Gasteiger partial charge in [0.1, 0.15) is 11.6 Å². The Morgan fingerprint density at radius 3 is 2.46 bits per heavy atom. The van der Waals surface area contributed by atoms with E-state index in [-0.39, 0.29) is 24.5 Å². The van der Waals surface area contributed by atoms with Gasteiger partial charge in [0.2, 0.25) is 15.9 Å². The smallest absolute Gasteiger partial charge is 0.243 e. The largest absolute Gasteiger partial charge is 0.493 e. The third-order valence-corrected chi connectivity index (χ3v) is 6.77. The maximum Gasteiger partial charge on any atom is 0.243 e. The van der Waals surface area contributed by atoms with Gasteiger partial charge in [-0.2, -0.15) is 4.31 Å². The van der Waals surface area contributed by atoms with Crippen molar-refractivity contribution >= 4 is 15.9 Å². The fourth-order valence-corrected chi connectivity index (χ4v) is 5.15. The van der Waals surface area contributed by atoms with E-state index in [9.17, 15) is 17.6 Å². The Bertz CT molecular complexity index is 919. The average Bonchev–Trinajstić information content (AvgIpc) is 2.67. The van der Waals surface area contributed by atoms with Crippen LogP contribution in [0.4, 0.5) is 4.39 Å². The number of piperidine rings is 1. The highest BCUT2D eigenvalue weighted by atomic mass is 32.2. The quantitative estimate of drug-likeness (QED) is 0.765. The van der Waals surface area contributed by atoms with Crippen molar-refractivity contribution in [2.24, 2.45) is 11.1 Å². The van der Waals surface area contributed by atoms with E-state index < -0.39 is 27.2 Å². The lowest BCUT2D eigenvalue weighted by atomic mass is 9.78. The Balaban J connectivity index is 1.83.